The van der Waals surface area contributed by atoms with Gasteiger partial charge in [-0.2, -0.15) is 0 Å². The molecule has 112 valence electrons. The highest BCUT2D eigenvalue weighted by Gasteiger charge is 2.20. The standard InChI is InChI=1S/C18H30N2/c1-3-17-12-8-5-9-14-20(17)15-13-18(19-2)16-10-6-4-7-11-16/h4,6-7,10-11,17-19H,3,5,8-9,12-15H2,1-2H3. The summed E-state index contributed by atoms with van der Waals surface area (Å²) in [6, 6.07) is 12.1. The maximum atomic E-state index is 3.48. The first-order chi connectivity index (χ1) is 9.85. The zero-order valence-corrected chi connectivity index (χ0v) is 13.1. The molecular weight excluding hydrogens is 244 g/mol. The third-order valence-corrected chi connectivity index (χ3v) is 4.73. The average Bonchev–Trinajstić information content (AvgIpc) is 2.74. The van der Waals surface area contributed by atoms with Gasteiger partial charge in [0.1, 0.15) is 0 Å². The molecule has 1 aromatic rings. The predicted molar refractivity (Wildman–Crippen MR) is 87.0 cm³/mol. The van der Waals surface area contributed by atoms with E-state index in [1.54, 1.807) is 0 Å². The summed E-state index contributed by atoms with van der Waals surface area (Å²) in [6.45, 7) is 4.86. The Morgan fingerprint density at radius 2 is 2.00 bits per heavy atom. The lowest BCUT2D eigenvalue weighted by Gasteiger charge is -2.30. The van der Waals surface area contributed by atoms with Crippen LogP contribution in [0.5, 0.6) is 0 Å². The number of nitrogens with zero attached hydrogens (tertiary/aromatic N) is 1. The van der Waals surface area contributed by atoms with Crippen LogP contribution in [0.3, 0.4) is 0 Å². The summed E-state index contributed by atoms with van der Waals surface area (Å²) in [4.78, 5) is 2.74. The minimum Gasteiger partial charge on any atom is -0.313 e. The Labute approximate surface area is 124 Å². The van der Waals surface area contributed by atoms with E-state index in [0.717, 1.165) is 6.04 Å². The first-order valence-corrected chi connectivity index (χ1v) is 8.31. The summed E-state index contributed by atoms with van der Waals surface area (Å²) < 4.78 is 0. The van der Waals surface area contributed by atoms with Crippen LogP contribution < -0.4 is 5.32 Å². The fourth-order valence-electron chi connectivity index (χ4n) is 3.45. The van der Waals surface area contributed by atoms with Gasteiger partial charge in [-0.3, -0.25) is 0 Å². The van der Waals surface area contributed by atoms with Crippen molar-refractivity contribution < 1.29 is 0 Å². The van der Waals surface area contributed by atoms with E-state index >= 15 is 0 Å². The summed E-state index contributed by atoms with van der Waals surface area (Å²) in [5, 5.41) is 3.48. The van der Waals surface area contributed by atoms with E-state index in [1.807, 2.05) is 0 Å². The van der Waals surface area contributed by atoms with Crippen molar-refractivity contribution in [3.05, 3.63) is 35.9 Å². The van der Waals surface area contributed by atoms with Crippen molar-refractivity contribution in [2.24, 2.45) is 0 Å². The van der Waals surface area contributed by atoms with Crippen LogP contribution in [0.4, 0.5) is 0 Å². The van der Waals surface area contributed by atoms with Gasteiger partial charge >= 0.3 is 0 Å². The minimum absolute atomic E-state index is 0.483. The highest BCUT2D eigenvalue weighted by atomic mass is 15.2. The Kier molecular flexibility index (Phi) is 6.55. The van der Waals surface area contributed by atoms with Gasteiger partial charge in [-0.15, -0.1) is 0 Å². The molecule has 2 heteroatoms. The molecule has 20 heavy (non-hydrogen) atoms. The molecular formula is C18H30N2. The van der Waals surface area contributed by atoms with Gasteiger partial charge in [-0.25, -0.2) is 0 Å². The molecule has 0 aromatic heterocycles. The van der Waals surface area contributed by atoms with E-state index in [1.165, 1.54) is 57.2 Å². The van der Waals surface area contributed by atoms with Crippen LogP contribution in [0.1, 0.15) is 57.1 Å². The Morgan fingerprint density at radius 1 is 1.20 bits per heavy atom. The molecule has 2 unspecified atom stereocenters. The second-order valence-corrected chi connectivity index (χ2v) is 5.99. The minimum atomic E-state index is 0.483. The molecule has 0 saturated carbocycles. The van der Waals surface area contributed by atoms with Crippen molar-refractivity contribution in [2.75, 3.05) is 20.1 Å². The van der Waals surface area contributed by atoms with Gasteiger partial charge in [-0.05, 0) is 44.8 Å². The first kappa shape index (κ1) is 15.5. The topological polar surface area (TPSA) is 15.3 Å². The fourth-order valence-corrected chi connectivity index (χ4v) is 3.45. The van der Waals surface area contributed by atoms with Crippen molar-refractivity contribution in [2.45, 2.75) is 57.5 Å². The van der Waals surface area contributed by atoms with Gasteiger partial charge < -0.3 is 10.2 Å². The third kappa shape index (κ3) is 4.32. The zero-order valence-electron chi connectivity index (χ0n) is 13.1. The van der Waals surface area contributed by atoms with Crippen LogP contribution in [-0.2, 0) is 0 Å². The Bertz CT molecular complexity index is 363. The van der Waals surface area contributed by atoms with Crippen molar-refractivity contribution >= 4 is 0 Å². The normalized spacial score (nSPS) is 22.4. The first-order valence-electron chi connectivity index (χ1n) is 8.31. The van der Waals surface area contributed by atoms with Crippen molar-refractivity contribution in [1.29, 1.82) is 0 Å². The molecule has 1 N–H and O–H groups in total. The van der Waals surface area contributed by atoms with E-state index in [4.69, 9.17) is 0 Å². The summed E-state index contributed by atoms with van der Waals surface area (Å²) in [7, 11) is 2.08. The van der Waals surface area contributed by atoms with Crippen LogP contribution in [0.25, 0.3) is 0 Å². The number of hydrogen-bond acceptors (Lipinski definition) is 2. The van der Waals surface area contributed by atoms with E-state index in [9.17, 15) is 0 Å². The molecule has 0 amide bonds. The molecule has 1 aliphatic rings. The summed E-state index contributed by atoms with van der Waals surface area (Å²) in [5.74, 6) is 0. The number of benzene rings is 1. The molecule has 1 aliphatic heterocycles. The lowest BCUT2D eigenvalue weighted by Crippen LogP contribution is -2.36. The molecule has 0 bridgehead atoms. The number of nitrogens with one attached hydrogen (secondary N) is 1. The highest BCUT2D eigenvalue weighted by molar-refractivity contribution is 5.18. The molecule has 1 aromatic carbocycles. The lowest BCUT2D eigenvalue weighted by atomic mass is 10.0. The predicted octanol–water partition coefficient (Wildman–Crippen LogP) is 3.99. The van der Waals surface area contributed by atoms with E-state index in [0.29, 0.717) is 6.04 Å². The molecule has 2 rings (SSSR count). The highest BCUT2D eigenvalue weighted by Crippen LogP contribution is 2.22. The Balaban J connectivity index is 1.91. The van der Waals surface area contributed by atoms with Crippen molar-refractivity contribution in [1.82, 2.24) is 10.2 Å². The van der Waals surface area contributed by atoms with Crippen molar-refractivity contribution in [3.8, 4) is 0 Å². The molecule has 1 fully saturated rings. The third-order valence-electron chi connectivity index (χ3n) is 4.73. The Hall–Kier alpha value is -0.860. The quantitative estimate of drug-likeness (QED) is 0.843. The number of hydrogen-bond donors (Lipinski definition) is 1. The van der Waals surface area contributed by atoms with Crippen LogP contribution in [0, 0.1) is 0 Å². The van der Waals surface area contributed by atoms with Gasteiger partial charge in [0.05, 0.1) is 0 Å². The van der Waals surface area contributed by atoms with Gasteiger partial charge in [0, 0.05) is 18.6 Å². The van der Waals surface area contributed by atoms with E-state index in [2.05, 4.69) is 54.5 Å². The second-order valence-electron chi connectivity index (χ2n) is 5.99. The molecule has 0 spiro atoms. The maximum Gasteiger partial charge on any atom is 0.0329 e. The molecule has 0 radical (unpaired) electrons. The number of likely N-dealkylation sites (tertiary alicyclic amines) is 1. The molecule has 2 nitrogen and oxygen atoms in total. The smallest absolute Gasteiger partial charge is 0.0329 e. The van der Waals surface area contributed by atoms with Crippen LogP contribution in [-0.4, -0.2) is 31.1 Å². The van der Waals surface area contributed by atoms with Crippen LogP contribution in [0.2, 0.25) is 0 Å². The fraction of sp³-hybridized carbons (Fsp3) is 0.667. The van der Waals surface area contributed by atoms with E-state index < -0.39 is 0 Å². The largest absolute Gasteiger partial charge is 0.313 e. The number of rotatable bonds is 6. The summed E-state index contributed by atoms with van der Waals surface area (Å²) in [5.41, 5.74) is 1.41. The average molecular weight is 274 g/mol. The van der Waals surface area contributed by atoms with E-state index in [-0.39, 0.29) is 0 Å². The SMILES string of the molecule is CCC1CCCCCN1CCC(NC)c1ccccc1. The zero-order chi connectivity index (χ0) is 14.2. The Morgan fingerprint density at radius 3 is 2.70 bits per heavy atom. The molecule has 0 aliphatic carbocycles. The van der Waals surface area contributed by atoms with Crippen molar-refractivity contribution in [3.63, 3.8) is 0 Å². The summed E-state index contributed by atoms with van der Waals surface area (Å²) in [6.07, 6.45) is 8.12. The molecule has 2 atom stereocenters. The van der Waals surface area contributed by atoms with Crippen LogP contribution in [0.15, 0.2) is 30.3 Å². The second kappa shape index (κ2) is 8.43. The van der Waals surface area contributed by atoms with Gasteiger partial charge in [-0.1, -0.05) is 50.1 Å². The lowest BCUT2D eigenvalue weighted by molar-refractivity contribution is 0.185. The summed E-state index contributed by atoms with van der Waals surface area (Å²) >= 11 is 0. The van der Waals surface area contributed by atoms with Crippen LogP contribution >= 0.6 is 0 Å². The molecule has 1 heterocycles. The van der Waals surface area contributed by atoms with Gasteiger partial charge in [0.2, 0.25) is 0 Å². The maximum absolute atomic E-state index is 3.48. The van der Waals surface area contributed by atoms with Gasteiger partial charge in [0.15, 0.2) is 0 Å². The monoisotopic (exact) mass is 274 g/mol. The van der Waals surface area contributed by atoms with Gasteiger partial charge in [0.25, 0.3) is 0 Å². The molecule has 1 saturated heterocycles.